The molecule has 30 heavy (non-hydrogen) atoms. The van der Waals surface area contributed by atoms with E-state index in [4.69, 9.17) is 10.00 Å². The zero-order valence-corrected chi connectivity index (χ0v) is 17.5. The van der Waals surface area contributed by atoms with Gasteiger partial charge in [0.15, 0.2) is 6.61 Å². The van der Waals surface area contributed by atoms with Crippen LogP contribution >= 0.6 is 0 Å². The first-order valence-electron chi connectivity index (χ1n) is 11.0. The molecule has 4 heteroatoms. The van der Waals surface area contributed by atoms with Gasteiger partial charge in [0, 0.05) is 11.8 Å². The van der Waals surface area contributed by atoms with Crippen molar-refractivity contribution in [1.29, 1.82) is 5.26 Å². The second-order valence-electron chi connectivity index (χ2n) is 9.82. The molecule has 6 rings (SSSR count). The third-order valence-corrected chi connectivity index (χ3v) is 7.60. The zero-order valence-electron chi connectivity index (χ0n) is 17.5. The summed E-state index contributed by atoms with van der Waals surface area (Å²) in [6.07, 6.45) is 6.69. The number of aryl methyl sites for hydroxylation is 1. The summed E-state index contributed by atoms with van der Waals surface area (Å²) in [6, 6.07) is 18.4. The van der Waals surface area contributed by atoms with Crippen LogP contribution < -0.4 is 10.1 Å². The number of nitriles is 1. The van der Waals surface area contributed by atoms with Crippen LogP contribution in [0.3, 0.4) is 0 Å². The van der Waals surface area contributed by atoms with Gasteiger partial charge in [-0.3, -0.25) is 4.79 Å². The van der Waals surface area contributed by atoms with E-state index < -0.39 is 0 Å². The van der Waals surface area contributed by atoms with Gasteiger partial charge in [0.2, 0.25) is 5.91 Å². The standard InChI is InChI=1S/C26H28N2O2/c1-18-5-7-21(8-6-18)25-13-19-11-20(14-25)16-26(15-19,17-25)24(29)28-22-3-2-4-23(12-22)30-10-9-27/h2-8,12,19-20H,10-11,13-17H2,1H3,(H,28,29). The highest BCUT2D eigenvalue weighted by molar-refractivity contribution is 5.96. The fourth-order valence-electron chi connectivity index (χ4n) is 6.82. The Morgan fingerprint density at radius 3 is 2.57 bits per heavy atom. The number of anilines is 1. The highest BCUT2D eigenvalue weighted by Crippen LogP contribution is 2.66. The second-order valence-corrected chi connectivity index (χ2v) is 9.82. The molecule has 4 nitrogen and oxygen atoms in total. The van der Waals surface area contributed by atoms with Gasteiger partial charge in [0.25, 0.3) is 0 Å². The molecule has 4 aliphatic rings. The van der Waals surface area contributed by atoms with Crippen LogP contribution in [0.1, 0.15) is 49.7 Å². The molecule has 4 saturated carbocycles. The minimum absolute atomic E-state index is 0.00374. The molecule has 2 aromatic rings. The van der Waals surface area contributed by atoms with Crippen LogP contribution in [-0.2, 0) is 10.2 Å². The van der Waals surface area contributed by atoms with Crippen molar-refractivity contribution in [3.8, 4) is 11.8 Å². The number of amides is 1. The van der Waals surface area contributed by atoms with Crippen LogP contribution in [0.25, 0.3) is 0 Å². The van der Waals surface area contributed by atoms with E-state index in [-0.39, 0.29) is 23.3 Å². The van der Waals surface area contributed by atoms with Gasteiger partial charge in [-0.25, -0.2) is 0 Å². The fraction of sp³-hybridized carbons (Fsp3) is 0.462. The maximum atomic E-state index is 13.6. The van der Waals surface area contributed by atoms with Gasteiger partial charge < -0.3 is 10.1 Å². The van der Waals surface area contributed by atoms with Gasteiger partial charge in [-0.15, -0.1) is 0 Å². The molecule has 2 atom stereocenters. The van der Waals surface area contributed by atoms with E-state index in [0.717, 1.165) is 24.9 Å². The number of nitrogens with one attached hydrogen (secondary N) is 1. The van der Waals surface area contributed by atoms with Crippen molar-refractivity contribution in [2.75, 3.05) is 11.9 Å². The van der Waals surface area contributed by atoms with Crippen molar-refractivity contribution in [3.63, 3.8) is 0 Å². The van der Waals surface area contributed by atoms with Gasteiger partial charge in [0.1, 0.15) is 11.8 Å². The molecule has 0 radical (unpaired) electrons. The summed E-state index contributed by atoms with van der Waals surface area (Å²) in [7, 11) is 0. The number of hydrogen-bond acceptors (Lipinski definition) is 3. The molecule has 154 valence electrons. The van der Waals surface area contributed by atoms with Crippen molar-refractivity contribution in [1.82, 2.24) is 0 Å². The van der Waals surface area contributed by atoms with Crippen molar-refractivity contribution >= 4 is 11.6 Å². The molecule has 2 aromatic carbocycles. The van der Waals surface area contributed by atoms with E-state index in [1.165, 1.54) is 30.4 Å². The summed E-state index contributed by atoms with van der Waals surface area (Å²) in [4.78, 5) is 13.6. The average Bonchev–Trinajstić information content (AvgIpc) is 2.72. The van der Waals surface area contributed by atoms with Crippen molar-refractivity contribution in [3.05, 3.63) is 59.7 Å². The van der Waals surface area contributed by atoms with E-state index in [1.807, 2.05) is 30.3 Å². The molecule has 1 amide bonds. The van der Waals surface area contributed by atoms with E-state index in [1.54, 1.807) is 0 Å². The lowest BCUT2D eigenvalue weighted by atomic mass is 9.42. The molecule has 1 N–H and O–H groups in total. The Balaban J connectivity index is 1.41. The first-order valence-corrected chi connectivity index (χ1v) is 11.0. The number of nitrogens with zero attached hydrogens (tertiary/aromatic N) is 1. The van der Waals surface area contributed by atoms with E-state index in [2.05, 4.69) is 36.5 Å². The number of benzene rings is 2. The molecule has 0 heterocycles. The van der Waals surface area contributed by atoms with Gasteiger partial charge in [-0.1, -0.05) is 35.9 Å². The summed E-state index contributed by atoms with van der Waals surface area (Å²) in [5, 5.41) is 11.9. The van der Waals surface area contributed by atoms with Crippen LogP contribution in [-0.4, -0.2) is 12.5 Å². The summed E-state index contributed by atoms with van der Waals surface area (Å²) in [5.41, 5.74) is 3.32. The molecule has 4 bridgehead atoms. The predicted octanol–water partition coefficient (Wildman–Crippen LogP) is 5.37. The topological polar surface area (TPSA) is 62.1 Å². The fourth-order valence-corrected chi connectivity index (χ4v) is 6.82. The lowest BCUT2D eigenvalue weighted by molar-refractivity contribution is -0.143. The Bertz CT molecular complexity index is 990. The predicted molar refractivity (Wildman–Crippen MR) is 116 cm³/mol. The molecule has 2 unspecified atom stereocenters. The lowest BCUT2D eigenvalue weighted by Crippen LogP contribution is -2.57. The molecule has 0 spiro atoms. The van der Waals surface area contributed by atoms with Crippen molar-refractivity contribution < 1.29 is 9.53 Å². The number of hydrogen-bond donors (Lipinski definition) is 1. The third kappa shape index (κ3) is 3.27. The van der Waals surface area contributed by atoms with Crippen LogP contribution in [0.4, 0.5) is 5.69 Å². The monoisotopic (exact) mass is 400 g/mol. The third-order valence-electron chi connectivity index (χ3n) is 7.60. The van der Waals surface area contributed by atoms with Crippen LogP contribution in [0.15, 0.2) is 48.5 Å². The maximum absolute atomic E-state index is 13.6. The molecule has 0 saturated heterocycles. The van der Waals surface area contributed by atoms with Gasteiger partial charge >= 0.3 is 0 Å². The van der Waals surface area contributed by atoms with Crippen molar-refractivity contribution in [2.24, 2.45) is 17.3 Å². The van der Waals surface area contributed by atoms with Gasteiger partial charge in [-0.05, 0) is 80.4 Å². The summed E-state index contributed by atoms with van der Waals surface area (Å²) < 4.78 is 5.40. The van der Waals surface area contributed by atoms with E-state index >= 15 is 0 Å². The van der Waals surface area contributed by atoms with Crippen LogP contribution in [0, 0.1) is 35.5 Å². The quantitative estimate of drug-likeness (QED) is 0.733. The van der Waals surface area contributed by atoms with Crippen LogP contribution in [0.2, 0.25) is 0 Å². The highest BCUT2D eigenvalue weighted by Gasteiger charge is 2.60. The summed E-state index contributed by atoms with van der Waals surface area (Å²) in [6.45, 7) is 2.14. The molecule has 0 aromatic heterocycles. The largest absolute Gasteiger partial charge is 0.479 e. The summed E-state index contributed by atoms with van der Waals surface area (Å²) in [5.74, 6) is 2.05. The molecule has 4 aliphatic carbocycles. The first kappa shape index (κ1) is 19.2. The Kier molecular flexibility index (Phi) is 4.58. The van der Waals surface area contributed by atoms with Crippen LogP contribution in [0.5, 0.6) is 5.75 Å². The van der Waals surface area contributed by atoms with Gasteiger partial charge in [-0.2, -0.15) is 5.26 Å². The van der Waals surface area contributed by atoms with E-state index in [0.29, 0.717) is 17.6 Å². The Labute approximate surface area is 178 Å². The molecule has 0 aliphatic heterocycles. The molecular formula is C26H28N2O2. The number of ether oxygens (including phenoxy) is 1. The Morgan fingerprint density at radius 1 is 1.13 bits per heavy atom. The highest BCUT2D eigenvalue weighted by atomic mass is 16.5. The van der Waals surface area contributed by atoms with Crippen molar-refractivity contribution in [2.45, 2.75) is 50.9 Å². The molecule has 4 fully saturated rings. The number of carbonyl (C=O) groups is 1. The second kappa shape index (κ2) is 7.16. The molecular weight excluding hydrogens is 372 g/mol. The number of carbonyl (C=O) groups excluding carboxylic acids is 1. The maximum Gasteiger partial charge on any atom is 0.230 e. The van der Waals surface area contributed by atoms with E-state index in [9.17, 15) is 4.79 Å². The lowest BCUT2D eigenvalue weighted by Gasteiger charge is -2.61. The minimum atomic E-state index is -0.279. The Hall–Kier alpha value is -2.80. The Morgan fingerprint density at radius 2 is 1.87 bits per heavy atom. The smallest absolute Gasteiger partial charge is 0.230 e. The minimum Gasteiger partial charge on any atom is -0.479 e. The average molecular weight is 401 g/mol. The normalized spacial score (nSPS) is 31.2. The number of rotatable bonds is 5. The van der Waals surface area contributed by atoms with Gasteiger partial charge in [0.05, 0.1) is 5.41 Å². The summed E-state index contributed by atoms with van der Waals surface area (Å²) >= 11 is 0. The SMILES string of the molecule is Cc1ccc(C23CC4CC(CC(C(=O)Nc5cccc(OCC#N)c5)(C4)C2)C3)cc1. The zero-order chi connectivity index (χ0) is 20.8. The first-order chi connectivity index (χ1) is 14.5.